The maximum absolute atomic E-state index is 9.94. The summed E-state index contributed by atoms with van der Waals surface area (Å²) in [6.45, 7) is 4.16. The lowest BCUT2D eigenvalue weighted by Gasteiger charge is -2.06. The van der Waals surface area contributed by atoms with Crippen molar-refractivity contribution < 1.29 is 5.11 Å². The number of nitrogens with zero attached hydrogens (tertiary/aromatic N) is 3. The van der Waals surface area contributed by atoms with Gasteiger partial charge in [0.2, 0.25) is 4.80 Å². The Hall–Kier alpha value is -2.34. The molecule has 2 aromatic carbocycles. The van der Waals surface area contributed by atoms with Crippen molar-refractivity contribution >= 4 is 40.8 Å². The van der Waals surface area contributed by atoms with Crippen molar-refractivity contribution in [2.45, 2.75) is 0 Å². The van der Waals surface area contributed by atoms with Crippen LogP contribution in [0.25, 0.3) is 11.3 Å². The molecule has 0 atom stereocenters. The van der Waals surface area contributed by atoms with E-state index in [1.165, 1.54) is 11.3 Å². The first-order valence-corrected chi connectivity index (χ1v) is 9.33. The quantitative estimate of drug-likeness (QED) is 0.461. The van der Waals surface area contributed by atoms with Gasteiger partial charge in [0.15, 0.2) is 0 Å². The fourth-order valence-electron chi connectivity index (χ4n) is 2.26. The van der Waals surface area contributed by atoms with E-state index in [4.69, 9.17) is 23.2 Å². The first kappa shape index (κ1) is 18.5. The number of benzene rings is 2. The van der Waals surface area contributed by atoms with Gasteiger partial charge >= 0.3 is 0 Å². The number of hydrogen-bond donors (Lipinski definition) is 1. The Morgan fingerprint density at radius 3 is 2.77 bits per heavy atom. The summed E-state index contributed by atoms with van der Waals surface area (Å²) >= 11 is 13.9. The second-order valence-corrected chi connectivity index (χ2v) is 6.95. The molecule has 7 heteroatoms. The highest BCUT2D eigenvalue weighted by Crippen LogP contribution is 2.31. The number of phenols is 1. The molecule has 132 valence electrons. The van der Waals surface area contributed by atoms with Crippen LogP contribution in [-0.2, 0) is 0 Å². The smallest absolute Gasteiger partial charge is 0.206 e. The van der Waals surface area contributed by atoms with E-state index in [1.54, 1.807) is 53.4 Å². The highest BCUT2D eigenvalue weighted by molar-refractivity contribution is 7.07. The predicted octanol–water partition coefficient (Wildman–Crippen LogP) is 5.20. The SMILES string of the molecule is C=CCN=c1scc(-c2cc(Cl)ccc2Cl)n1N=Cc1ccccc1O. The zero-order chi connectivity index (χ0) is 18.5. The number of aromatic hydroxyl groups is 1. The van der Waals surface area contributed by atoms with Gasteiger partial charge in [0.05, 0.1) is 23.5 Å². The lowest BCUT2D eigenvalue weighted by atomic mass is 10.2. The minimum absolute atomic E-state index is 0.152. The van der Waals surface area contributed by atoms with Crippen LogP contribution in [0.1, 0.15) is 5.56 Å². The fourth-order valence-corrected chi connectivity index (χ4v) is 3.48. The predicted molar refractivity (Wildman–Crippen MR) is 109 cm³/mol. The van der Waals surface area contributed by atoms with Gasteiger partial charge in [-0.3, -0.25) is 4.99 Å². The van der Waals surface area contributed by atoms with Gasteiger partial charge in [-0.1, -0.05) is 41.4 Å². The van der Waals surface area contributed by atoms with Crippen LogP contribution in [0.3, 0.4) is 0 Å². The van der Waals surface area contributed by atoms with Gasteiger partial charge in [0.25, 0.3) is 0 Å². The van der Waals surface area contributed by atoms with Crippen LogP contribution in [0, 0.1) is 0 Å². The molecule has 0 fully saturated rings. The molecule has 0 amide bonds. The first-order valence-electron chi connectivity index (χ1n) is 7.70. The molecule has 4 nitrogen and oxygen atoms in total. The Kier molecular flexibility index (Phi) is 5.93. The number of halogens is 2. The minimum Gasteiger partial charge on any atom is -0.507 e. The van der Waals surface area contributed by atoms with Crippen molar-refractivity contribution in [1.82, 2.24) is 4.68 Å². The Balaban J connectivity index is 2.15. The third kappa shape index (κ3) is 4.07. The number of thiazole rings is 1. The van der Waals surface area contributed by atoms with Crippen molar-refractivity contribution in [3.05, 3.63) is 80.9 Å². The summed E-state index contributed by atoms with van der Waals surface area (Å²) < 4.78 is 1.68. The molecule has 0 aliphatic heterocycles. The zero-order valence-corrected chi connectivity index (χ0v) is 16.0. The maximum atomic E-state index is 9.94. The molecule has 0 unspecified atom stereocenters. The van der Waals surface area contributed by atoms with Crippen molar-refractivity contribution in [2.75, 3.05) is 6.54 Å². The zero-order valence-electron chi connectivity index (χ0n) is 13.6. The molecule has 3 rings (SSSR count). The van der Waals surface area contributed by atoms with Gasteiger partial charge < -0.3 is 5.11 Å². The van der Waals surface area contributed by atoms with E-state index >= 15 is 0 Å². The van der Waals surface area contributed by atoms with Crippen LogP contribution in [0.15, 0.2) is 70.6 Å². The number of aromatic nitrogens is 1. The van der Waals surface area contributed by atoms with Gasteiger partial charge in [-0.05, 0) is 30.3 Å². The summed E-state index contributed by atoms with van der Waals surface area (Å²) in [4.78, 5) is 5.15. The Morgan fingerprint density at radius 1 is 1.19 bits per heavy atom. The largest absolute Gasteiger partial charge is 0.507 e. The molecule has 3 aromatic rings. The monoisotopic (exact) mass is 403 g/mol. The summed E-state index contributed by atoms with van der Waals surface area (Å²) in [6.07, 6.45) is 3.29. The first-order chi connectivity index (χ1) is 12.6. The molecule has 0 saturated heterocycles. The highest BCUT2D eigenvalue weighted by Gasteiger charge is 2.12. The number of rotatable bonds is 5. The number of hydrogen-bond acceptors (Lipinski definition) is 4. The van der Waals surface area contributed by atoms with Gasteiger partial charge in [-0.2, -0.15) is 5.10 Å². The van der Waals surface area contributed by atoms with Crippen LogP contribution in [0.5, 0.6) is 5.75 Å². The molecular formula is C19H15Cl2N3OS. The molecule has 0 aliphatic carbocycles. The van der Waals surface area contributed by atoms with E-state index in [2.05, 4.69) is 16.7 Å². The van der Waals surface area contributed by atoms with Gasteiger partial charge in [0, 0.05) is 21.5 Å². The summed E-state index contributed by atoms with van der Waals surface area (Å²) in [6, 6.07) is 12.2. The maximum Gasteiger partial charge on any atom is 0.206 e. The standard InChI is InChI=1S/C19H15Cl2N3OS/c1-2-9-22-19-24(23-11-13-5-3-4-6-18(13)25)17(12-26-19)15-10-14(20)7-8-16(15)21/h2-8,10-12,25H,1,9H2. The van der Waals surface area contributed by atoms with Crippen LogP contribution in [0.4, 0.5) is 0 Å². The lowest BCUT2D eigenvalue weighted by Crippen LogP contribution is -2.12. The average molecular weight is 404 g/mol. The topological polar surface area (TPSA) is 49.9 Å². The summed E-state index contributed by atoms with van der Waals surface area (Å²) in [5.74, 6) is 0.152. The van der Waals surface area contributed by atoms with Crippen LogP contribution in [0.2, 0.25) is 10.0 Å². The molecule has 1 aromatic heterocycles. The molecule has 1 N–H and O–H groups in total. The normalized spacial score (nSPS) is 12.0. The third-order valence-electron chi connectivity index (χ3n) is 3.49. The molecular weight excluding hydrogens is 389 g/mol. The Labute approximate surface area is 165 Å². The molecule has 0 bridgehead atoms. The van der Waals surface area contributed by atoms with Gasteiger partial charge in [0.1, 0.15) is 5.75 Å². The van der Waals surface area contributed by atoms with E-state index < -0.39 is 0 Å². The molecule has 0 radical (unpaired) electrons. The molecule has 0 saturated carbocycles. The Bertz CT molecular complexity index is 1040. The van der Waals surface area contributed by atoms with Crippen LogP contribution >= 0.6 is 34.5 Å². The summed E-state index contributed by atoms with van der Waals surface area (Å²) in [5.41, 5.74) is 2.12. The van der Waals surface area contributed by atoms with Crippen molar-refractivity contribution in [1.29, 1.82) is 0 Å². The molecule has 1 heterocycles. The molecule has 26 heavy (non-hydrogen) atoms. The summed E-state index contributed by atoms with van der Waals surface area (Å²) in [7, 11) is 0. The van der Waals surface area contributed by atoms with Crippen molar-refractivity contribution in [3.8, 4) is 17.0 Å². The lowest BCUT2D eigenvalue weighted by molar-refractivity contribution is 0.474. The minimum atomic E-state index is 0.152. The highest BCUT2D eigenvalue weighted by atomic mass is 35.5. The Morgan fingerprint density at radius 2 is 2.00 bits per heavy atom. The van der Waals surface area contributed by atoms with Gasteiger partial charge in [-0.25, -0.2) is 4.68 Å². The van der Waals surface area contributed by atoms with E-state index in [-0.39, 0.29) is 5.75 Å². The second-order valence-electron chi connectivity index (χ2n) is 5.27. The van der Waals surface area contributed by atoms with E-state index in [9.17, 15) is 5.11 Å². The number of para-hydroxylation sites is 1. The van der Waals surface area contributed by atoms with E-state index in [0.717, 1.165) is 11.3 Å². The summed E-state index contributed by atoms with van der Waals surface area (Å²) in [5, 5.41) is 17.5. The molecule has 0 spiro atoms. The van der Waals surface area contributed by atoms with Crippen LogP contribution in [-0.4, -0.2) is 22.5 Å². The number of phenolic OH excluding ortho intramolecular Hbond substituents is 1. The van der Waals surface area contributed by atoms with E-state index in [0.29, 0.717) is 27.0 Å². The van der Waals surface area contributed by atoms with E-state index in [1.807, 2.05) is 11.4 Å². The van der Waals surface area contributed by atoms with Crippen molar-refractivity contribution in [3.63, 3.8) is 0 Å². The van der Waals surface area contributed by atoms with Crippen LogP contribution < -0.4 is 4.80 Å². The second kappa shape index (κ2) is 8.36. The average Bonchev–Trinajstić information content (AvgIpc) is 3.04. The van der Waals surface area contributed by atoms with Gasteiger partial charge in [-0.15, -0.1) is 17.9 Å². The molecule has 0 aliphatic rings. The van der Waals surface area contributed by atoms with Crippen molar-refractivity contribution in [2.24, 2.45) is 10.1 Å². The fraction of sp³-hybridized carbons (Fsp3) is 0.0526. The third-order valence-corrected chi connectivity index (χ3v) is 4.91.